The molecule has 1 fully saturated rings. The Hall–Kier alpha value is -2.00. The van der Waals surface area contributed by atoms with E-state index in [2.05, 4.69) is 22.3 Å². The van der Waals surface area contributed by atoms with Crippen molar-refractivity contribution < 1.29 is 4.79 Å². The molecule has 25 heavy (non-hydrogen) atoms. The molecule has 0 unspecified atom stereocenters. The standard InChI is InChI=1S/C21H25ClN2O/c22-18-9-7-17(8-10-18)5-4-6-21(25)23-19-11-13-20(14-12-19)24-15-2-1-3-16-24/h7-14H,1-6,15-16H2,(H,23,25). The van der Waals surface area contributed by atoms with Gasteiger partial charge in [0, 0.05) is 35.9 Å². The summed E-state index contributed by atoms with van der Waals surface area (Å²) in [6.45, 7) is 2.27. The number of rotatable bonds is 6. The topological polar surface area (TPSA) is 32.3 Å². The smallest absolute Gasteiger partial charge is 0.224 e. The van der Waals surface area contributed by atoms with Gasteiger partial charge in [0.05, 0.1) is 0 Å². The van der Waals surface area contributed by atoms with Crippen LogP contribution in [0.15, 0.2) is 48.5 Å². The van der Waals surface area contributed by atoms with Gasteiger partial charge in [0.2, 0.25) is 5.91 Å². The molecule has 1 amide bonds. The van der Waals surface area contributed by atoms with E-state index in [0.29, 0.717) is 6.42 Å². The molecule has 0 aliphatic carbocycles. The first-order valence-corrected chi connectivity index (χ1v) is 9.48. The van der Waals surface area contributed by atoms with Crippen LogP contribution in [0.5, 0.6) is 0 Å². The monoisotopic (exact) mass is 356 g/mol. The summed E-state index contributed by atoms with van der Waals surface area (Å²) < 4.78 is 0. The second-order valence-corrected chi connectivity index (χ2v) is 7.06. The van der Waals surface area contributed by atoms with Crippen LogP contribution < -0.4 is 10.2 Å². The lowest BCUT2D eigenvalue weighted by molar-refractivity contribution is -0.116. The predicted molar refractivity (Wildman–Crippen MR) is 106 cm³/mol. The van der Waals surface area contributed by atoms with Gasteiger partial charge in [-0.1, -0.05) is 23.7 Å². The van der Waals surface area contributed by atoms with Gasteiger partial charge < -0.3 is 10.2 Å². The highest BCUT2D eigenvalue weighted by molar-refractivity contribution is 6.30. The lowest BCUT2D eigenvalue weighted by atomic mass is 10.1. The molecule has 0 spiro atoms. The number of aryl methyl sites for hydroxylation is 1. The maximum Gasteiger partial charge on any atom is 0.224 e. The van der Waals surface area contributed by atoms with Crippen molar-refractivity contribution >= 4 is 28.9 Å². The van der Waals surface area contributed by atoms with Gasteiger partial charge in [-0.3, -0.25) is 4.79 Å². The molecule has 0 aromatic heterocycles. The van der Waals surface area contributed by atoms with Gasteiger partial charge in [0.1, 0.15) is 0 Å². The Balaban J connectivity index is 1.43. The Morgan fingerprint density at radius 1 is 0.960 bits per heavy atom. The molecular weight excluding hydrogens is 332 g/mol. The van der Waals surface area contributed by atoms with Crippen LogP contribution >= 0.6 is 11.6 Å². The number of benzene rings is 2. The summed E-state index contributed by atoms with van der Waals surface area (Å²) in [7, 11) is 0. The number of anilines is 2. The molecule has 1 heterocycles. The number of hydrogen-bond acceptors (Lipinski definition) is 2. The normalized spacial score (nSPS) is 14.4. The van der Waals surface area contributed by atoms with E-state index >= 15 is 0 Å². The van der Waals surface area contributed by atoms with Crippen LogP contribution in [-0.2, 0) is 11.2 Å². The third-order valence-corrected chi connectivity index (χ3v) is 4.91. The Labute approximate surface area is 155 Å². The van der Waals surface area contributed by atoms with E-state index in [0.717, 1.165) is 36.6 Å². The molecule has 3 nitrogen and oxygen atoms in total. The SMILES string of the molecule is O=C(CCCc1ccc(Cl)cc1)Nc1ccc(N2CCCCC2)cc1. The van der Waals surface area contributed by atoms with Crippen LogP contribution in [0.25, 0.3) is 0 Å². The van der Waals surface area contributed by atoms with E-state index in [1.807, 2.05) is 36.4 Å². The summed E-state index contributed by atoms with van der Waals surface area (Å²) in [5.41, 5.74) is 3.33. The van der Waals surface area contributed by atoms with E-state index < -0.39 is 0 Å². The molecule has 2 aromatic rings. The molecule has 0 atom stereocenters. The molecular formula is C21H25ClN2O. The lowest BCUT2D eigenvalue weighted by Crippen LogP contribution is -2.29. The minimum absolute atomic E-state index is 0.0692. The van der Waals surface area contributed by atoms with Gasteiger partial charge in [-0.25, -0.2) is 0 Å². The van der Waals surface area contributed by atoms with Crippen molar-refractivity contribution in [2.24, 2.45) is 0 Å². The van der Waals surface area contributed by atoms with Gasteiger partial charge >= 0.3 is 0 Å². The van der Waals surface area contributed by atoms with E-state index in [1.165, 1.54) is 30.5 Å². The summed E-state index contributed by atoms with van der Waals surface area (Å²) in [5.74, 6) is 0.0692. The zero-order valence-corrected chi connectivity index (χ0v) is 15.3. The van der Waals surface area contributed by atoms with Crippen LogP contribution in [0.3, 0.4) is 0 Å². The van der Waals surface area contributed by atoms with Gasteiger partial charge in [-0.05, 0) is 74.1 Å². The Morgan fingerprint density at radius 2 is 1.64 bits per heavy atom. The highest BCUT2D eigenvalue weighted by Crippen LogP contribution is 2.22. The molecule has 1 aliphatic heterocycles. The number of amides is 1. The zero-order valence-electron chi connectivity index (χ0n) is 14.5. The first kappa shape index (κ1) is 17.8. The second-order valence-electron chi connectivity index (χ2n) is 6.62. The number of carbonyl (C=O) groups is 1. The third kappa shape index (κ3) is 5.50. The van der Waals surface area contributed by atoms with Crippen molar-refractivity contribution in [2.75, 3.05) is 23.3 Å². The number of nitrogens with zero attached hydrogens (tertiary/aromatic N) is 1. The molecule has 3 rings (SSSR count). The van der Waals surface area contributed by atoms with E-state index in [9.17, 15) is 4.79 Å². The van der Waals surface area contributed by atoms with Gasteiger partial charge in [-0.2, -0.15) is 0 Å². The third-order valence-electron chi connectivity index (χ3n) is 4.65. The first-order valence-electron chi connectivity index (χ1n) is 9.10. The van der Waals surface area contributed by atoms with Crippen LogP contribution in [0.2, 0.25) is 5.02 Å². The van der Waals surface area contributed by atoms with Gasteiger partial charge in [-0.15, -0.1) is 0 Å². The van der Waals surface area contributed by atoms with E-state index in [4.69, 9.17) is 11.6 Å². The Morgan fingerprint density at radius 3 is 2.32 bits per heavy atom. The minimum atomic E-state index is 0.0692. The zero-order chi connectivity index (χ0) is 17.5. The largest absolute Gasteiger partial charge is 0.372 e. The molecule has 1 N–H and O–H groups in total. The number of halogens is 1. The molecule has 2 aromatic carbocycles. The van der Waals surface area contributed by atoms with Crippen molar-refractivity contribution in [3.05, 3.63) is 59.1 Å². The molecule has 0 bridgehead atoms. The van der Waals surface area contributed by atoms with Crippen LogP contribution in [0.4, 0.5) is 11.4 Å². The van der Waals surface area contributed by atoms with Crippen LogP contribution in [0, 0.1) is 0 Å². The van der Waals surface area contributed by atoms with Crippen LogP contribution in [0.1, 0.15) is 37.7 Å². The molecule has 0 saturated carbocycles. The van der Waals surface area contributed by atoms with E-state index in [-0.39, 0.29) is 5.91 Å². The quantitative estimate of drug-likeness (QED) is 0.762. The number of nitrogens with one attached hydrogen (secondary N) is 1. The van der Waals surface area contributed by atoms with Crippen molar-refractivity contribution in [2.45, 2.75) is 38.5 Å². The van der Waals surface area contributed by atoms with Crippen molar-refractivity contribution in [1.82, 2.24) is 0 Å². The summed E-state index contributed by atoms with van der Waals surface area (Å²) in [6.07, 6.45) is 6.12. The molecule has 0 radical (unpaired) electrons. The number of piperidine rings is 1. The fourth-order valence-corrected chi connectivity index (χ4v) is 3.36. The van der Waals surface area contributed by atoms with Crippen molar-refractivity contribution in [3.8, 4) is 0 Å². The van der Waals surface area contributed by atoms with Gasteiger partial charge in [0.25, 0.3) is 0 Å². The maximum atomic E-state index is 12.1. The average Bonchev–Trinajstić information content (AvgIpc) is 2.65. The summed E-state index contributed by atoms with van der Waals surface area (Å²) in [5, 5.41) is 3.73. The fraction of sp³-hybridized carbons (Fsp3) is 0.381. The summed E-state index contributed by atoms with van der Waals surface area (Å²) >= 11 is 5.88. The number of hydrogen-bond donors (Lipinski definition) is 1. The van der Waals surface area contributed by atoms with Crippen molar-refractivity contribution in [3.63, 3.8) is 0 Å². The molecule has 1 saturated heterocycles. The summed E-state index contributed by atoms with van der Waals surface area (Å²) in [6, 6.07) is 16.0. The minimum Gasteiger partial charge on any atom is -0.372 e. The van der Waals surface area contributed by atoms with Crippen molar-refractivity contribution in [1.29, 1.82) is 0 Å². The predicted octanol–water partition coefficient (Wildman–Crippen LogP) is 5.29. The maximum absolute atomic E-state index is 12.1. The summed E-state index contributed by atoms with van der Waals surface area (Å²) in [4.78, 5) is 14.5. The molecule has 1 aliphatic rings. The molecule has 132 valence electrons. The highest BCUT2D eigenvalue weighted by Gasteiger charge is 2.11. The highest BCUT2D eigenvalue weighted by atomic mass is 35.5. The number of carbonyl (C=O) groups excluding carboxylic acids is 1. The lowest BCUT2D eigenvalue weighted by Gasteiger charge is -2.28. The Kier molecular flexibility index (Phi) is 6.35. The van der Waals surface area contributed by atoms with Crippen LogP contribution in [-0.4, -0.2) is 19.0 Å². The fourth-order valence-electron chi connectivity index (χ4n) is 3.24. The second kappa shape index (κ2) is 8.91. The van der Waals surface area contributed by atoms with E-state index in [1.54, 1.807) is 0 Å². The Bertz CT molecular complexity index is 676. The average molecular weight is 357 g/mol. The van der Waals surface area contributed by atoms with Gasteiger partial charge in [0.15, 0.2) is 0 Å². The molecule has 4 heteroatoms. The first-order chi connectivity index (χ1) is 12.2.